The molecule has 23 heavy (non-hydrogen) atoms. The standard InChI is InChI=1S/C19H24N2O2/c22-18-15-8-2-3-9-16(15)19(23)21(18)13-12-20-11-5-7-14-6-1-4-10-17(14)20/h2-3,8-9,14,17H,1,4-7,10-13H2/p+1/t14-,17+/m1/s1. The second-order valence-electron chi connectivity index (χ2n) is 7.26. The third-order valence-electron chi connectivity index (χ3n) is 6.04. The van der Waals surface area contributed by atoms with Crippen LogP contribution in [0.25, 0.3) is 0 Å². The van der Waals surface area contributed by atoms with Gasteiger partial charge in [0.1, 0.15) is 0 Å². The van der Waals surface area contributed by atoms with Crippen molar-refractivity contribution in [2.24, 2.45) is 5.92 Å². The van der Waals surface area contributed by atoms with Crippen LogP contribution in [0.4, 0.5) is 0 Å². The van der Waals surface area contributed by atoms with Crippen molar-refractivity contribution in [3.05, 3.63) is 35.4 Å². The lowest BCUT2D eigenvalue weighted by atomic mass is 9.78. The Hall–Kier alpha value is -1.68. The van der Waals surface area contributed by atoms with Crippen molar-refractivity contribution in [3.63, 3.8) is 0 Å². The Kier molecular flexibility index (Phi) is 3.93. The van der Waals surface area contributed by atoms with Crippen LogP contribution in [0.15, 0.2) is 24.3 Å². The predicted molar refractivity (Wildman–Crippen MR) is 87.5 cm³/mol. The van der Waals surface area contributed by atoms with Gasteiger partial charge in [0.25, 0.3) is 11.8 Å². The van der Waals surface area contributed by atoms with Gasteiger partial charge in [0.2, 0.25) is 0 Å². The zero-order valence-electron chi connectivity index (χ0n) is 13.6. The van der Waals surface area contributed by atoms with Crippen LogP contribution >= 0.6 is 0 Å². The molecule has 1 saturated carbocycles. The second-order valence-corrected chi connectivity index (χ2v) is 7.26. The van der Waals surface area contributed by atoms with Crippen LogP contribution in [0.2, 0.25) is 0 Å². The van der Waals surface area contributed by atoms with Gasteiger partial charge in [-0.2, -0.15) is 0 Å². The highest BCUT2D eigenvalue weighted by molar-refractivity contribution is 6.21. The first-order valence-electron chi connectivity index (χ1n) is 9.05. The Morgan fingerprint density at radius 2 is 1.61 bits per heavy atom. The number of imide groups is 1. The molecule has 1 unspecified atom stereocenters. The van der Waals surface area contributed by atoms with Crippen molar-refractivity contribution in [3.8, 4) is 0 Å². The Balaban J connectivity index is 1.43. The number of hydrogen-bond donors (Lipinski definition) is 1. The van der Waals surface area contributed by atoms with Gasteiger partial charge in [0.05, 0.1) is 36.8 Å². The van der Waals surface area contributed by atoms with Crippen molar-refractivity contribution in [1.82, 2.24) is 4.90 Å². The van der Waals surface area contributed by atoms with E-state index in [4.69, 9.17) is 0 Å². The molecule has 2 amide bonds. The highest BCUT2D eigenvalue weighted by Crippen LogP contribution is 2.28. The smallest absolute Gasteiger partial charge is 0.261 e. The van der Waals surface area contributed by atoms with Crippen molar-refractivity contribution in [2.75, 3.05) is 19.6 Å². The van der Waals surface area contributed by atoms with E-state index in [1.54, 1.807) is 17.0 Å². The van der Waals surface area contributed by atoms with E-state index in [1.807, 2.05) is 12.1 Å². The minimum Gasteiger partial charge on any atom is -0.331 e. The molecule has 3 atom stereocenters. The van der Waals surface area contributed by atoms with Crippen LogP contribution in [0.5, 0.6) is 0 Å². The monoisotopic (exact) mass is 313 g/mol. The molecule has 1 aromatic carbocycles. The van der Waals surface area contributed by atoms with Crippen molar-refractivity contribution in [2.45, 2.75) is 44.6 Å². The molecule has 122 valence electrons. The number of fused-ring (bicyclic) bond motifs is 2. The summed E-state index contributed by atoms with van der Waals surface area (Å²) in [5, 5.41) is 0. The molecule has 4 rings (SSSR count). The van der Waals surface area contributed by atoms with Gasteiger partial charge in [-0.25, -0.2) is 0 Å². The molecule has 1 aliphatic carbocycles. The summed E-state index contributed by atoms with van der Waals surface area (Å²) in [6.07, 6.45) is 8.09. The largest absolute Gasteiger partial charge is 0.331 e. The Bertz CT molecular complexity index is 591. The van der Waals surface area contributed by atoms with Crippen LogP contribution < -0.4 is 4.90 Å². The number of nitrogens with one attached hydrogen (secondary N) is 1. The number of carbonyl (C=O) groups excluding carboxylic acids is 2. The fourth-order valence-electron chi connectivity index (χ4n) is 4.88. The molecule has 2 aliphatic heterocycles. The summed E-state index contributed by atoms with van der Waals surface area (Å²) >= 11 is 0. The van der Waals surface area contributed by atoms with Crippen LogP contribution in [-0.2, 0) is 0 Å². The molecule has 0 radical (unpaired) electrons. The minimum atomic E-state index is -0.109. The molecule has 4 heteroatoms. The van der Waals surface area contributed by atoms with E-state index in [2.05, 4.69) is 0 Å². The average Bonchev–Trinajstić information content (AvgIpc) is 2.84. The highest BCUT2D eigenvalue weighted by Gasteiger charge is 2.39. The number of likely N-dealkylation sites (tertiary alicyclic amines) is 1. The third kappa shape index (κ3) is 2.59. The number of carbonyl (C=O) groups is 2. The molecule has 1 saturated heterocycles. The second kappa shape index (κ2) is 6.08. The Morgan fingerprint density at radius 3 is 2.35 bits per heavy atom. The van der Waals surface area contributed by atoms with Gasteiger partial charge in [0.15, 0.2) is 0 Å². The van der Waals surface area contributed by atoms with Gasteiger partial charge >= 0.3 is 0 Å². The molecule has 3 aliphatic rings. The summed E-state index contributed by atoms with van der Waals surface area (Å²) in [5.41, 5.74) is 1.14. The number of amides is 2. The highest BCUT2D eigenvalue weighted by atomic mass is 16.2. The van der Waals surface area contributed by atoms with Gasteiger partial charge in [-0.15, -0.1) is 0 Å². The SMILES string of the molecule is O=C1c2ccccc2C(=O)N1CC[NH+]1CCC[C@H]2CCCC[C@@H]21. The van der Waals surface area contributed by atoms with E-state index < -0.39 is 0 Å². The fourth-order valence-corrected chi connectivity index (χ4v) is 4.88. The molecular formula is C19H25N2O2+. The summed E-state index contributed by atoms with van der Waals surface area (Å²) in [7, 11) is 0. The lowest BCUT2D eigenvalue weighted by Crippen LogP contribution is -3.18. The number of quaternary nitrogens is 1. The van der Waals surface area contributed by atoms with Gasteiger partial charge < -0.3 is 4.90 Å². The maximum atomic E-state index is 12.5. The van der Waals surface area contributed by atoms with Crippen molar-refractivity contribution >= 4 is 11.8 Å². The van der Waals surface area contributed by atoms with Crippen LogP contribution in [0, 0.1) is 5.92 Å². The van der Waals surface area contributed by atoms with Gasteiger partial charge in [-0.05, 0) is 44.2 Å². The summed E-state index contributed by atoms with van der Waals surface area (Å²) in [5.74, 6) is 0.652. The number of nitrogens with zero attached hydrogens (tertiary/aromatic N) is 1. The fraction of sp³-hybridized carbons (Fsp3) is 0.579. The average molecular weight is 313 g/mol. The maximum absolute atomic E-state index is 12.5. The first-order chi connectivity index (χ1) is 11.3. The zero-order chi connectivity index (χ0) is 15.8. The summed E-state index contributed by atoms with van der Waals surface area (Å²) in [6.45, 7) is 2.67. The lowest BCUT2D eigenvalue weighted by Gasteiger charge is -2.41. The number of hydrogen-bond acceptors (Lipinski definition) is 2. The molecular weight excluding hydrogens is 288 g/mol. The molecule has 0 spiro atoms. The van der Waals surface area contributed by atoms with Gasteiger partial charge in [-0.1, -0.05) is 18.6 Å². The molecule has 0 bridgehead atoms. The first kappa shape index (κ1) is 14.9. The molecule has 1 N–H and O–H groups in total. The normalized spacial score (nSPS) is 30.3. The third-order valence-corrected chi connectivity index (χ3v) is 6.04. The predicted octanol–water partition coefficient (Wildman–Crippen LogP) is 1.52. The van der Waals surface area contributed by atoms with Crippen LogP contribution in [-0.4, -0.2) is 42.4 Å². The maximum Gasteiger partial charge on any atom is 0.261 e. The molecule has 0 aromatic heterocycles. The topological polar surface area (TPSA) is 41.8 Å². The number of piperidine rings is 1. The van der Waals surface area contributed by atoms with E-state index >= 15 is 0 Å². The Labute approximate surface area is 137 Å². The molecule has 1 aromatic rings. The number of benzene rings is 1. The summed E-state index contributed by atoms with van der Waals surface area (Å²) in [6, 6.07) is 7.94. The first-order valence-corrected chi connectivity index (χ1v) is 9.05. The van der Waals surface area contributed by atoms with Gasteiger partial charge in [0, 0.05) is 5.92 Å². The molecule has 4 nitrogen and oxygen atoms in total. The minimum absolute atomic E-state index is 0.109. The quantitative estimate of drug-likeness (QED) is 0.860. The van der Waals surface area contributed by atoms with E-state index in [9.17, 15) is 9.59 Å². The van der Waals surface area contributed by atoms with Crippen LogP contribution in [0.1, 0.15) is 59.2 Å². The Morgan fingerprint density at radius 1 is 0.957 bits per heavy atom. The summed E-state index contributed by atoms with van der Waals surface area (Å²) in [4.78, 5) is 28.0. The van der Waals surface area contributed by atoms with Crippen molar-refractivity contribution in [1.29, 1.82) is 0 Å². The molecule has 2 heterocycles. The van der Waals surface area contributed by atoms with Crippen molar-refractivity contribution < 1.29 is 14.5 Å². The van der Waals surface area contributed by atoms with Crippen LogP contribution in [0.3, 0.4) is 0 Å². The van der Waals surface area contributed by atoms with E-state index in [0.717, 1.165) is 18.5 Å². The van der Waals surface area contributed by atoms with E-state index in [0.29, 0.717) is 17.7 Å². The lowest BCUT2D eigenvalue weighted by molar-refractivity contribution is -0.935. The number of rotatable bonds is 3. The van der Waals surface area contributed by atoms with E-state index in [1.165, 1.54) is 50.0 Å². The van der Waals surface area contributed by atoms with Gasteiger partial charge in [-0.3, -0.25) is 14.5 Å². The zero-order valence-corrected chi connectivity index (χ0v) is 13.6. The molecule has 2 fully saturated rings. The van der Waals surface area contributed by atoms with E-state index in [-0.39, 0.29) is 11.8 Å². The summed E-state index contributed by atoms with van der Waals surface area (Å²) < 4.78 is 0.